The molecule has 0 aliphatic heterocycles. The van der Waals surface area contributed by atoms with Gasteiger partial charge in [0.25, 0.3) is 0 Å². The van der Waals surface area contributed by atoms with E-state index in [9.17, 15) is 36.3 Å². The van der Waals surface area contributed by atoms with Crippen molar-refractivity contribution in [1.29, 1.82) is 0 Å². The van der Waals surface area contributed by atoms with E-state index >= 15 is 0 Å². The highest BCUT2D eigenvalue weighted by molar-refractivity contribution is 7.15. The van der Waals surface area contributed by atoms with Gasteiger partial charge in [0.15, 0.2) is 5.13 Å². The highest BCUT2D eigenvalue weighted by Crippen LogP contribution is 2.39. The number of hydrogen-bond donors (Lipinski definition) is 2. The maximum Gasteiger partial charge on any atom is 0.408 e. The zero-order chi connectivity index (χ0) is 27.3. The predicted octanol–water partition coefficient (Wildman–Crippen LogP) is 5.40. The summed E-state index contributed by atoms with van der Waals surface area (Å²) in [5, 5.41) is 4.72. The number of hydrogen-bond acceptors (Lipinski definition) is 7. The summed E-state index contributed by atoms with van der Waals surface area (Å²) in [4.78, 5) is 41.3. The second kappa shape index (κ2) is 11.7. The molecule has 0 spiro atoms. The molecule has 2 amide bonds. The SMILES string of the molecule is CCOC(=O)C(CC(F)(F)F)c1cnc(NC(=O)[C@@H](NC(=O)OC(C)(C)C)C2CCC(F)(F)CC2)s1. The monoisotopic (exact) mass is 543 g/mol. The first-order valence-corrected chi connectivity index (χ1v) is 12.2. The molecule has 2 rings (SSSR count). The van der Waals surface area contributed by atoms with Crippen molar-refractivity contribution >= 4 is 34.4 Å². The second-order valence-electron chi connectivity index (χ2n) is 9.50. The van der Waals surface area contributed by atoms with Gasteiger partial charge in [-0.15, -0.1) is 11.3 Å². The fourth-order valence-corrected chi connectivity index (χ4v) is 4.60. The van der Waals surface area contributed by atoms with Gasteiger partial charge in [0.2, 0.25) is 11.8 Å². The lowest BCUT2D eigenvalue weighted by Gasteiger charge is -2.33. The van der Waals surface area contributed by atoms with Gasteiger partial charge in [-0.3, -0.25) is 9.59 Å². The number of nitrogens with zero attached hydrogens (tertiary/aromatic N) is 1. The Balaban J connectivity index is 2.21. The summed E-state index contributed by atoms with van der Waals surface area (Å²) in [7, 11) is 0. The number of alkyl halides is 5. The molecule has 1 aliphatic rings. The normalized spacial score (nSPS) is 18.1. The number of anilines is 1. The maximum absolute atomic E-state index is 13.7. The molecule has 2 N–H and O–H groups in total. The summed E-state index contributed by atoms with van der Waals surface area (Å²) in [6.07, 6.45) is -7.02. The molecule has 2 atom stereocenters. The Morgan fingerprint density at radius 1 is 1.19 bits per heavy atom. The number of esters is 1. The van der Waals surface area contributed by atoms with Crippen LogP contribution in [0.15, 0.2) is 6.20 Å². The van der Waals surface area contributed by atoms with Crippen LogP contribution in [0.2, 0.25) is 0 Å². The van der Waals surface area contributed by atoms with Crippen molar-refractivity contribution in [3.8, 4) is 0 Å². The number of amides is 2. The third-order valence-electron chi connectivity index (χ3n) is 5.29. The summed E-state index contributed by atoms with van der Waals surface area (Å²) in [5.74, 6) is -7.03. The number of nitrogens with one attached hydrogen (secondary N) is 2. The molecule has 0 bridgehead atoms. The number of ether oxygens (including phenoxy) is 2. The van der Waals surface area contributed by atoms with Crippen LogP contribution in [0.3, 0.4) is 0 Å². The van der Waals surface area contributed by atoms with Gasteiger partial charge in [0.05, 0.1) is 13.0 Å². The van der Waals surface area contributed by atoms with Crippen LogP contribution in [0.4, 0.5) is 31.9 Å². The minimum Gasteiger partial charge on any atom is -0.465 e. The highest BCUT2D eigenvalue weighted by Gasteiger charge is 2.41. The van der Waals surface area contributed by atoms with E-state index in [0.29, 0.717) is 11.3 Å². The number of alkyl carbamates (subject to hydrolysis) is 1. The fourth-order valence-electron chi connectivity index (χ4n) is 3.69. The molecular weight excluding hydrogens is 513 g/mol. The lowest BCUT2D eigenvalue weighted by Crippen LogP contribution is -2.51. The molecule has 1 heterocycles. The summed E-state index contributed by atoms with van der Waals surface area (Å²) < 4.78 is 76.3. The second-order valence-corrected chi connectivity index (χ2v) is 10.6. The van der Waals surface area contributed by atoms with Crippen LogP contribution in [0.5, 0.6) is 0 Å². The van der Waals surface area contributed by atoms with Gasteiger partial charge in [0.1, 0.15) is 17.6 Å². The van der Waals surface area contributed by atoms with Crippen LogP contribution < -0.4 is 10.6 Å². The van der Waals surface area contributed by atoms with Crippen molar-refractivity contribution < 1.29 is 45.8 Å². The van der Waals surface area contributed by atoms with Crippen molar-refractivity contribution in [3.63, 3.8) is 0 Å². The first-order valence-electron chi connectivity index (χ1n) is 11.4. The highest BCUT2D eigenvalue weighted by atomic mass is 32.1. The van der Waals surface area contributed by atoms with Crippen molar-refractivity contribution in [2.24, 2.45) is 5.92 Å². The van der Waals surface area contributed by atoms with Crippen LogP contribution in [0, 0.1) is 5.92 Å². The molecule has 1 unspecified atom stereocenters. The maximum atomic E-state index is 13.7. The molecule has 1 aliphatic carbocycles. The predicted molar refractivity (Wildman–Crippen MR) is 121 cm³/mol. The van der Waals surface area contributed by atoms with Crippen molar-refractivity contribution in [3.05, 3.63) is 11.1 Å². The molecule has 1 aromatic heterocycles. The molecule has 1 fully saturated rings. The van der Waals surface area contributed by atoms with Gasteiger partial charge < -0.3 is 20.1 Å². The topological polar surface area (TPSA) is 107 Å². The lowest BCUT2D eigenvalue weighted by molar-refractivity contribution is -0.160. The van der Waals surface area contributed by atoms with Gasteiger partial charge in [-0.05, 0) is 46.5 Å². The molecule has 0 saturated heterocycles. The Kier molecular flexibility index (Phi) is 9.65. The quantitative estimate of drug-likeness (QED) is 0.336. The number of carbonyl (C=O) groups excluding carboxylic acids is 3. The number of halogens is 5. The van der Waals surface area contributed by atoms with Gasteiger partial charge in [-0.25, -0.2) is 18.6 Å². The van der Waals surface area contributed by atoms with E-state index < -0.39 is 72.8 Å². The largest absolute Gasteiger partial charge is 0.465 e. The summed E-state index contributed by atoms with van der Waals surface area (Å²) >= 11 is 0.649. The van der Waals surface area contributed by atoms with E-state index in [0.717, 1.165) is 6.20 Å². The van der Waals surface area contributed by atoms with Crippen LogP contribution in [0.1, 0.15) is 70.6 Å². The number of carbonyl (C=O) groups is 3. The zero-order valence-corrected chi connectivity index (χ0v) is 21.2. The molecule has 204 valence electrons. The molecule has 36 heavy (non-hydrogen) atoms. The first-order chi connectivity index (χ1) is 16.5. The third-order valence-corrected chi connectivity index (χ3v) is 6.32. The Bertz CT molecular complexity index is 922. The van der Waals surface area contributed by atoms with Crippen LogP contribution >= 0.6 is 11.3 Å². The van der Waals surface area contributed by atoms with Crippen molar-refractivity contribution in [2.75, 3.05) is 11.9 Å². The van der Waals surface area contributed by atoms with Gasteiger partial charge >= 0.3 is 18.2 Å². The average molecular weight is 544 g/mol. The van der Waals surface area contributed by atoms with E-state index in [1.165, 1.54) is 6.92 Å². The fraction of sp³-hybridized carbons (Fsp3) is 0.727. The number of rotatable bonds is 8. The molecule has 1 aromatic rings. The van der Waals surface area contributed by atoms with E-state index in [1.54, 1.807) is 20.8 Å². The Morgan fingerprint density at radius 3 is 2.33 bits per heavy atom. The average Bonchev–Trinajstić information content (AvgIpc) is 3.17. The molecular formula is C22H30F5N3O5S. The molecule has 1 saturated carbocycles. The summed E-state index contributed by atoms with van der Waals surface area (Å²) in [6.45, 7) is 6.18. The van der Waals surface area contributed by atoms with E-state index in [4.69, 9.17) is 9.47 Å². The summed E-state index contributed by atoms with van der Waals surface area (Å²) in [6, 6.07) is -1.25. The summed E-state index contributed by atoms with van der Waals surface area (Å²) in [5.41, 5.74) is -0.879. The van der Waals surface area contributed by atoms with Crippen LogP contribution in [-0.2, 0) is 19.1 Å². The van der Waals surface area contributed by atoms with Crippen LogP contribution in [0.25, 0.3) is 0 Å². The zero-order valence-electron chi connectivity index (χ0n) is 20.3. The van der Waals surface area contributed by atoms with E-state index in [1.807, 2.05) is 0 Å². The van der Waals surface area contributed by atoms with Gasteiger partial charge in [-0.2, -0.15) is 13.2 Å². The molecule has 8 nitrogen and oxygen atoms in total. The van der Waals surface area contributed by atoms with Gasteiger partial charge in [-0.1, -0.05) is 0 Å². The molecule has 14 heteroatoms. The minimum absolute atomic E-state index is 0.0412. The third kappa shape index (κ3) is 9.51. The number of thiazole rings is 1. The Morgan fingerprint density at radius 2 is 1.81 bits per heavy atom. The smallest absolute Gasteiger partial charge is 0.408 e. The van der Waals surface area contributed by atoms with Gasteiger partial charge in [0, 0.05) is 23.9 Å². The Hall–Kier alpha value is -2.51. The van der Waals surface area contributed by atoms with E-state index in [-0.39, 0.29) is 29.5 Å². The standard InChI is InChI=1S/C22H30F5N3O5S/c1-5-34-17(32)13(10-22(25,26)27)14-11-28-18(36-14)30-16(31)15(29-19(33)35-20(2,3)4)12-6-8-21(23,24)9-7-12/h11-13,15H,5-10H2,1-4H3,(H,29,33)(H,28,30,31)/t13?,15-/m0/s1. The van der Waals surface area contributed by atoms with Crippen molar-refractivity contribution in [2.45, 2.75) is 89.5 Å². The minimum atomic E-state index is -4.66. The first kappa shape index (κ1) is 29.7. The van der Waals surface area contributed by atoms with Crippen molar-refractivity contribution in [1.82, 2.24) is 10.3 Å². The van der Waals surface area contributed by atoms with E-state index in [2.05, 4.69) is 15.6 Å². The van der Waals surface area contributed by atoms with Crippen LogP contribution in [-0.4, -0.2) is 53.3 Å². The Labute approximate surface area is 209 Å². The lowest BCUT2D eigenvalue weighted by atomic mass is 9.81. The number of aromatic nitrogens is 1. The molecule has 0 aromatic carbocycles. The molecule has 0 radical (unpaired) electrons.